The van der Waals surface area contributed by atoms with Crippen molar-refractivity contribution in [3.8, 4) is 0 Å². The number of esters is 1. The summed E-state index contributed by atoms with van der Waals surface area (Å²) in [5, 5.41) is 0. The van der Waals surface area contributed by atoms with Crippen LogP contribution in [0, 0.1) is 0 Å². The molecule has 0 spiro atoms. The van der Waals surface area contributed by atoms with Crippen molar-refractivity contribution >= 4 is 34.9 Å². The fraction of sp³-hybridized carbons (Fsp3) is 0.500. The molecule has 0 aliphatic rings. The van der Waals surface area contributed by atoms with Gasteiger partial charge in [-0.1, -0.05) is 0 Å². The maximum absolute atomic E-state index is 11.3. The van der Waals surface area contributed by atoms with Crippen LogP contribution in [0.1, 0.15) is 33.1 Å². The van der Waals surface area contributed by atoms with Crippen molar-refractivity contribution in [2.45, 2.75) is 33.1 Å². The summed E-state index contributed by atoms with van der Waals surface area (Å²) in [6.45, 7) is 2.63. The Morgan fingerprint density at radius 1 is 0.789 bits per heavy atom. The van der Waals surface area contributed by atoms with Crippen LogP contribution in [0.5, 0.6) is 0 Å². The Balaban J connectivity index is 4.28. The number of ketones is 5. The Labute approximate surface area is 109 Å². The van der Waals surface area contributed by atoms with Gasteiger partial charge in [-0.15, -0.1) is 0 Å². The summed E-state index contributed by atoms with van der Waals surface area (Å²) >= 11 is 0. The minimum atomic E-state index is -1.15. The predicted molar refractivity (Wildman–Crippen MR) is 61.2 cm³/mol. The second kappa shape index (κ2) is 8.02. The molecule has 0 unspecified atom stereocenters. The van der Waals surface area contributed by atoms with Crippen molar-refractivity contribution in [1.82, 2.24) is 0 Å². The van der Waals surface area contributed by atoms with Crippen molar-refractivity contribution in [2.75, 3.05) is 6.61 Å². The summed E-state index contributed by atoms with van der Waals surface area (Å²) in [5.74, 6) is -5.60. The highest BCUT2D eigenvalue weighted by molar-refractivity contribution is 6.44. The van der Waals surface area contributed by atoms with E-state index < -0.39 is 54.1 Å². The van der Waals surface area contributed by atoms with Crippen LogP contribution >= 0.6 is 0 Å². The molecule has 0 heterocycles. The van der Waals surface area contributed by atoms with E-state index in [0.29, 0.717) is 0 Å². The minimum absolute atomic E-state index is 0.00517. The van der Waals surface area contributed by atoms with E-state index in [1.54, 1.807) is 0 Å². The van der Waals surface area contributed by atoms with Gasteiger partial charge in [-0.3, -0.25) is 24.0 Å². The maximum Gasteiger partial charge on any atom is 0.375 e. The van der Waals surface area contributed by atoms with E-state index in [1.165, 1.54) is 6.92 Å². The quantitative estimate of drug-likeness (QED) is 0.318. The minimum Gasteiger partial charge on any atom is -0.460 e. The smallest absolute Gasteiger partial charge is 0.375 e. The van der Waals surface area contributed by atoms with Gasteiger partial charge in [0.2, 0.25) is 17.3 Å². The molecule has 0 aliphatic carbocycles. The second-order valence-corrected chi connectivity index (χ2v) is 3.76. The van der Waals surface area contributed by atoms with Gasteiger partial charge in [-0.2, -0.15) is 0 Å². The van der Waals surface area contributed by atoms with E-state index in [9.17, 15) is 28.8 Å². The Kier molecular flexibility index (Phi) is 7.10. The number of hydrogen-bond acceptors (Lipinski definition) is 7. The highest BCUT2D eigenvalue weighted by Gasteiger charge is 2.23. The second-order valence-electron chi connectivity index (χ2n) is 3.76. The monoisotopic (exact) mass is 270 g/mol. The normalized spacial score (nSPS) is 9.58. The van der Waals surface area contributed by atoms with E-state index in [4.69, 9.17) is 0 Å². The Hall–Kier alpha value is -2.18. The lowest BCUT2D eigenvalue weighted by Gasteiger charge is -2.00. The molecular formula is C12H14O7. The predicted octanol–water partition coefficient (Wildman–Crippen LogP) is -0.415. The van der Waals surface area contributed by atoms with Gasteiger partial charge in [0.15, 0.2) is 0 Å². The number of carbonyl (C=O) groups excluding carboxylic acids is 6. The molecule has 0 N–H and O–H groups in total. The van der Waals surface area contributed by atoms with Gasteiger partial charge in [-0.25, -0.2) is 4.79 Å². The molecule has 0 aromatic carbocycles. The van der Waals surface area contributed by atoms with E-state index >= 15 is 0 Å². The summed E-state index contributed by atoms with van der Waals surface area (Å²) in [6.07, 6.45) is -2.16. The van der Waals surface area contributed by atoms with E-state index in [2.05, 4.69) is 4.74 Å². The summed E-state index contributed by atoms with van der Waals surface area (Å²) in [7, 11) is 0. The van der Waals surface area contributed by atoms with E-state index in [0.717, 1.165) is 6.92 Å². The van der Waals surface area contributed by atoms with Gasteiger partial charge in [0.1, 0.15) is 11.6 Å². The van der Waals surface area contributed by atoms with Crippen molar-refractivity contribution in [3.63, 3.8) is 0 Å². The molecule has 0 aliphatic heterocycles. The van der Waals surface area contributed by atoms with Gasteiger partial charge < -0.3 is 4.74 Å². The highest BCUT2D eigenvalue weighted by atomic mass is 16.5. The molecule has 0 atom stereocenters. The number of Topliss-reactive ketones (excluding diaryl/α,β-unsaturated/α-hetero) is 5. The SMILES string of the molecule is CCOC(=O)C(=O)CC(=O)CC(=O)C(=O)CC(C)=O. The first-order valence-corrected chi connectivity index (χ1v) is 5.55. The number of hydrogen-bond donors (Lipinski definition) is 0. The average molecular weight is 270 g/mol. The highest BCUT2D eigenvalue weighted by Crippen LogP contribution is 1.98. The van der Waals surface area contributed by atoms with E-state index in [-0.39, 0.29) is 6.61 Å². The first-order valence-electron chi connectivity index (χ1n) is 5.55. The fourth-order valence-electron chi connectivity index (χ4n) is 1.13. The number of rotatable bonds is 9. The van der Waals surface area contributed by atoms with Crippen molar-refractivity contribution in [2.24, 2.45) is 0 Å². The molecule has 0 saturated carbocycles. The molecule has 0 rings (SSSR count). The van der Waals surface area contributed by atoms with Crippen LogP contribution < -0.4 is 0 Å². The largest absolute Gasteiger partial charge is 0.460 e. The molecule has 0 saturated heterocycles. The summed E-state index contributed by atoms with van der Waals surface area (Å²) in [6, 6.07) is 0. The van der Waals surface area contributed by atoms with Gasteiger partial charge in [0.25, 0.3) is 0 Å². The topological polar surface area (TPSA) is 112 Å². The third-order valence-corrected chi connectivity index (χ3v) is 1.94. The van der Waals surface area contributed by atoms with Gasteiger partial charge >= 0.3 is 5.97 Å². The van der Waals surface area contributed by atoms with Crippen LogP contribution in [0.2, 0.25) is 0 Å². The van der Waals surface area contributed by atoms with Gasteiger partial charge in [-0.05, 0) is 13.8 Å². The van der Waals surface area contributed by atoms with Crippen LogP contribution in [0.25, 0.3) is 0 Å². The standard InChI is InChI=1S/C12H14O7/c1-3-19-12(18)11(17)6-8(14)5-10(16)9(15)4-7(2)13/h3-6H2,1-2H3. The lowest BCUT2D eigenvalue weighted by molar-refractivity contribution is -0.154. The molecule has 0 aromatic rings. The molecule has 0 fully saturated rings. The zero-order chi connectivity index (χ0) is 15.0. The first-order chi connectivity index (χ1) is 8.77. The number of ether oxygens (including phenoxy) is 1. The molecule has 104 valence electrons. The Bertz CT molecular complexity index is 433. The zero-order valence-corrected chi connectivity index (χ0v) is 10.7. The molecule has 0 radical (unpaired) electrons. The van der Waals surface area contributed by atoms with Crippen LogP contribution in [-0.2, 0) is 33.5 Å². The van der Waals surface area contributed by atoms with Crippen molar-refractivity contribution in [1.29, 1.82) is 0 Å². The first kappa shape index (κ1) is 16.8. The molecule has 0 bridgehead atoms. The molecule has 7 heteroatoms. The molecule has 0 amide bonds. The molecule has 19 heavy (non-hydrogen) atoms. The lowest BCUT2D eigenvalue weighted by atomic mass is 10.0. The molecule has 7 nitrogen and oxygen atoms in total. The van der Waals surface area contributed by atoms with Crippen LogP contribution in [-0.4, -0.2) is 41.5 Å². The zero-order valence-electron chi connectivity index (χ0n) is 10.7. The maximum atomic E-state index is 11.3. The fourth-order valence-corrected chi connectivity index (χ4v) is 1.13. The van der Waals surface area contributed by atoms with Gasteiger partial charge in [0.05, 0.1) is 25.9 Å². The number of carbonyl (C=O) groups is 6. The van der Waals surface area contributed by atoms with Crippen molar-refractivity contribution < 1.29 is 33.5 Å². The summed E-state index contributed by atoms with van der Waals surface area (Å²) < 4.78 is 4.37. The van der Waals surface area contributed by atoms with Gasteiger partial charge in [0, 0.05) is 0 Å². The van der Waals surface area contributed by atoms with Crippen LogP contribution in [0.4, 0.5) is 0 Å². The third kappa shape index (κ3) is 6.97. The Morgan fingerprint density at radius 2 is 1.26 bits per heavy atom. The third-order valence-electron chi connectivity index (χ3n) is 1.94. The van der Waals surface area contributed by atoms with E-state index in [1.807, 2.05) is 0 Å². The molecular weight excluding hydrogens is 256 g/mol. The Morgan fingerprint density at radius 3 is 1.74 bits per heavy atom. The average Bonchev–Trinajstić information content (AvgIpc) is 2.27. The molecule has 0 aromatic heterocycles. The van der Waals surface area contributed by atoms with Crippen LogP contribution in [0.3, 0.4) is 0 Å². The van der Waals surface area contributed by atoms with Crippen LogP contribution in [0.15, 0.2) is 0 Å². The summed E-state index contributed by atoms with van der Waals surface area (Å²) in [5.41, 5.74) is 0. The lowest BCUT2D eigenvalue weighted by Crippen LogP contribution is -2.24. The van der Waals surface area contributed by atoms with Crippen molar-refractivity contribution in [3.05, 3.63) is 0 Å². The summed E-state index contributed by atoms with van der Waals surface area (Å²) in [4.78, 5) is 66.3.